The molecule has 6 heteroatoms. The molecule has 1 aromatic rings. The number of hydrogen-bond donors (Lipinski definition) is 1. The molecule has 20 heavy (non-hydrogen) atoms. The first-order valence-electron chi connectivity index (χ1n) is 6.30. The Bertz CT molecular complexity index is 502. The Morgan fingerprint density at radius 1 is 1.20 bits per heavy atom. The number of azo groups is 1. The minimum atomic E-state index is -0.706. The van der Waals surface area contributed by atoms with Crippen LogP contribution < -0.4 is 4.74 Å². The highest BCUT2D eigenvalue weighted by atomic mass is 16.5. The quantitative estimate of drug-likeness (QED) is 0.373. The Morgan fingerprint density at radius 3 is 2.35 bits per heavy atom. The topological polar surface area (TPSA) is 80.5 Å². The van der Waals surface area contributed by atoms with E-state index in [0.29, 0.717) is 12.3 Å². The lowest BCUT2D eigenvalue weighted by atomic mass is 10.3. The maximum Gasteiger partial charge on any atom is 0.362 e. The van der Waals surface area contributed by atoms with Crippen molar-refractivity contribution in [2.75, 3.05) is 13.2 Å². The first-order chi connectivity index (χ1) is 9.58. The zero-order chi connectivity index (χ0) is 15.0. The van der Waals surface area contributed by atoms with Crippen LogP contribution in [0.15, 0.2) is 46.0 Å². The van der Waals surface area contributed by atoms with Crippen molar-refractivity contribution in [3.8, 4) is 5.75 Å². The highest BCUT2D eigenvalue weighted by molar-refractivity contribution is 5.88. The summed E-state index contributed by atoms with van der Waals surface area (Å²) in [5.41, 5.74) is 0.331. The molecule has 0 aromatic heterocycles. The Labute approximate surface area is 117 Å². The molecule has 0 unspecified atom stereocenters. The number of aliphatic hydroxyl groups excluding tert-OH is 1. The van der Waals surface area contributed by atoms with Gasteiger partial charge in [-0.3, -0.25) is 0 Å². The summed E-state index contributed by atoms with van der Waals surface area (Å²) in [7, 11) is 0. The number of benzene rings is 1. The molecule has 1 rings (SSSR count). The van der Waals surface area contributed by atoms with Crippen molar-refractivity contribution in [2.45, 2.75) is 20.8 Å². The van der Waals surface area contributed by atoms with Crippen molar-refractivity contribution >= 4 is 11.7 Å². The van der Waals surface area contributed by atoms with Crippen LogP contribution in [-0.4, -0.2) is 24.3 Å². The normalized spacial score (nSPS) is 12.2. The molecule has 6 nitrogen and oxygen atoms in total. The van der Waals surface area contributed by atoms with Gasteiger partial charge in [-0.1, -0.05) is 0 Å². The fourth-order valence-corrected chi connectivity index (χ4v) is 1.34. The fourth-order valence-electron chi connectivity index (χ4n) is 1.34. The lowest BCUT2D eigenvalue weighted by Gasteiger charge is -2.03. The molecule has 0 heterocycles. The van der Waals surface area contributed by atoms with Gasteiger partial charge in [0.25, 0.3) is 0 Å². The largest absolute Gasteiger partial charge is 0.510 e. The number of rotatable bonds is 6. The Kier molecular flexibility index (Phi) is 6.22. The SMILES string of the molecule is CCOC(=O)C(N=Nc1ccc(OCC)cc1)=C(C)O. The molecule has 0 saturated heterocycles. The van der Waals surface area contributed by atoms with Crippen molar-refractivity contribution in [1.82, 2.24) is 0 Å². The van der Waals surface area contributed by atoms with E-state index in [1.54, 1.807) is 31.2 Å². The fraction of sp³-hybridized carbons (Fsp3) is 0.357. The molecular weight excluding hydrogens is 260 g/mol. The molecule has 0 aliphatic carbocycles. The van der Waals surface area contributed by atoms with Gasteiger partial charge in [0.2, 0.25) is 5.70 Å². The Balaban J connectivity index is 2.83. The number of hydrogen-bond acceptors (Lipinski definition) is 6. The van der Waals surface area contributed by atoms with Crippen LogP contribution in [0.2, 0.25) is 0 Å². The summed E-state index contributed by atoms with van der Waals surface area (Å²) >= 11 is 0. The van der Waals surface area contributed by atoms with Gasteiger partial charge >= 0.3 is 5.97 Å². The second-order valence-corrected chi connectivity index (χ2v) is 3.78. The molecule has 0 atom stereocenters. The van der Waals surface area contributed by atoms with Crippen molar-refractivity contribution < 1.29 is 19.4 Å². The minimum Gasteiger partial charge on any atom is -0.510 e. The van der Waals surface area contributed by atoms with E-state index >= 15 is 0 Å². The highest BCUT2D eigenvalue weighted by Crippen LogP contribution is 2.19. The first-order valence-corrected chi connectivity index (χ1v) is 6.30. The van der Waals surface area contributed by atoms with Crippen molar-refractivity contribution in [2.24, 2.45) is 10.2 Å². The van der Waals surface area contributed by atoms with Crippen LogP contribution in [0.5, 0.6) is 5.75 Å². The third-order valence-electron chi connectivity index (χ3n) is 2.22. The molecule has 0 fully saturated rings. The minimum absolute atomic E-state index is 0.203. The number of ether oxygens (including phenoxy) is 2. The second kappa shape index (κ2) is 7.93. The van der Waals surface area contributed by atoms with Gasteiger partial charge in [0.05, 0.1) is 18.9 Å². The summed E-state index contributed by atoms with van der Waals surface area (Å²) in [6, 6.07) is 6.89. The predicted octanol–water partition coefficient (Wildman–Crippen LogP) is 3.52. The van der Waals surface area contributed by atoms with Crippen LogP contribution in [0.1, 0.15) is 20.8 Å². The van der Waals surface area contributed by atoms with E-state index in [1.807, 2.05) is 6.92 Å². The van der Waals surface area contributed by atoms with E-state index in [1.165, 1.54) is 6.92 Å². The lowest BCUT2D eigenvalue weighted by Crippen LogP contribution is -2.07. The Morgan fingerprint density at radius 2 is 1.85 bits per heavy atom. The number of carbonyl (C=O) groups excluding carboxylic acids is 1. The monoisotopic (exact) mass is 278 g/mol. The molecular formula is C14H18N2O4. The standard InChI is InChI=1S/C14H18N2O4/c1-4-19-12-8-6-11(7-9-12)15-16-13(10(3)17)14(18)20-5-2/h6-9,17H,4-5H2,1-3H3. The van der Waals surface area contributed by atoms with Gasteiger partial charge < -0.3 is 14.6 Å². The summed E-state index contributed by atoms with van der Waals surface area (Å²) in [6.45, 7) is 5.71. The van der Waals surface area contributed by atoms with Crippen LogP contribution in [-0.2, 0) is 9.53 Å². The van der Waals surface area contributed by atoms with E-state index in [4.69, 9.17) is 9.47 Å². The van der Waals surface area contributed by atoms with E-state index in [0.717, 1.165) is 5.75 Å². The van der Waals surface area contributed by atoms with Gasteiger partial charge in [0, 0.05) is 0 Å². The van der Waals surface area contributed by atoms with E-state index in [2.05, 4.69) is 10.2 Å². The van der Waals surface area contributed by atoms with Crippen molar-refractivity contribution in [1.29, 1.82) is 0 Å². The molecule has 0 amide bonds. The zero-order valence-corrected chi connectivity index (χ0v) is 11.8. The summed E-state index contributed by atoms with van der Waals surface area (Å²) in [5.74, 6) is -0.216. The van der Waals surface area contributed by atoms with Gasteiger partial charge in [-0.05, 0) is 45.0 Å². The van der Waals surface area contributed by atoms with Crippen LogP contribution in [0, 0.1) is 0 Å². The first kappa shape index (κ1) is 15.7. The van der Waals surface area contributed by atoms with Crippen LogP contribution in [0.25, 0.3) is 0 Å². The summed E-state index contributed by atoms with van der Waals surface area (Å²) in [5, 5.41) is 17.0. The molecule has 1 N–H and O–H groups in total. The number of allylic oxidation sites excluding steroid dienone is 1. The highest BCUT2D eigenvalue weighted by Gasteiger charge is 2.13. The molecule has 108 valence electrons. The van der Waals surface area contributed by atoms with Crippen LogP contribution in [0.3, 0.4) is 0 Å². The van der Waals surface area contributed by atoms with Crippen LogP contribution in [0.4, 0.5) is 5.69 Å². The average molecular weight is 278 g/mol. The molecule has 0 saturated carbocycles. The van der Waals surface area contributed by atoms with Gasteiger partial charge in [-0.15, -0.1) is 5.11 Å². The van der Waals surface area contributed by atoms with Gasteiger partial charge in [-0.2, -0.15) is 5.11 Å². The van der Waals surface area contributed by atoms with Gasteiger partial charge in [-0.25, -0.2) is 4.79 Å². The second-order valence-electron chi connectivity index (χ2n) is 3.78. The maximum atomic E-state index is 11.5. The predicted molar refractivity (Wildman–Crippen MR) is 74.1 cm³/mol. The molecule has 1 aromatic carbocycles. The summed E-state index contributed by atoms with van der Waals surface area (Å²) in [6.07, 6.45) is 0. The summed E-state index contributed by atoms with van der Waals surface area (Å²) in [4.78, 5) is 11.5. The van der Waals surface area contributed by atoms with Gasteiger partial charge in [0.1, 0.15) is 11.5 Å². The molecule has 0 aliphatic rings. The maximum absolute atomic E-state index is 11.5. The molecule has 0 aliphatic heterocycles. The number of nitrogens with zero attached hydrogens (tertiary/aromatic N) is 2. The molecule has 0 spiro atoms. The summed E-state index contributed by atoms with van der Waals surface area (Å²) < 4.78 is 10.1. The van der Waals surface area contributed by atoms with Crippen molar-refractivity contribution in [3.63, 3.8) is 0 Å². The van der Waals surface area contributed by atoms with E-state index in [-0.39, 0.29) is 18.1 Å². The number of esters is 1. The molecule has 0 radical (unpaired) electrons. The number of carbonyl (C=O) groups is 1. The van der Waals surface area contributed by atoms with E-state index < -0.39 is 5.97 Å². The van der Waals surface area contributed by atoms with Crippen LogP contribution >= 0.6 is 0 Å². The third-order valence-corrected chi connectivity index (χ3v) is 2.22. The lowest BCUT2D eigenvalue weighted by molar-refractivity contribution is -0.138. The van der Waals surface area contributed by atoms with Crippen molar-refractivity contribution in [3.05, 3.63) is 35.7 Å². The third kappa shape index (κ3) is 4.72. The Hall–Kier alpha value is -2.37. The number of aliphatic hydroxyl groups is 1. The van der Waals surface area contributed by atoms with E-state index in [9.17, 15) is 9.90 Å². The smallest absolute Gasteiger partial charge is 0.362 e. The zero-order valence-electron chi connectivity index (χ0n) is 11.8. The van der Waals surface area contributed by atoms with Gasteiger partial charge in [0.15, 0.2) is 0 Å². The average Bonchev–Trinajstić information content (AvgIpc) is 2.41. The molecule has 0 bridgehead atoms.